The third kappa shape index (κ3) is 3.21. The van der Waals surface area contributed by atoms with E-state index in [0.29, 0.717) is 12.3 Å². The van der Waals surface area contributed by atoms with Crippen LogP contribution in [0.5, 0.6) is 0 Å². The van der Waals surface area contributed by atoms with E-state index in [4.69, 9.17) is 5.73 Å². The van der Waals surface area contributed by atoms with Crippen LogP contribution in [0, 0.1) is 11.8 Å². The third-order valence-corrected chi connectivity index (χ3v) is 4.23. The van der Waals surface area contributed by atoms with Crippen molar-refractivity contribution in [2.45, 2.75) is 57.4 Å². The molecule has 92 valence electrons. The standard InChI is InChI=1S/C13H24N2O/c14-12-7-2-1-6-11(12)8-13(16)15-9-10-4-3-5-10/h10-12H,1-9,14H2,(H,15,16). The van der Waals surface area contributed by atoms with E-state index in [-0.39, 0.29) is 11.9 Å². The van der Waals surface area contributed by atoms with Gasteiger partial charge in [0.1, 0.15) is 0 Å². The Labute approximate surface area is 98.2 Å². The second kappa shape index (κ2) is 5.67. The first-order chi connectivity index (χ1) is 7.75. The van der Waals surface area contributed by atoms with Gasteiger partial charge in [0, 0.05) is 19.0 Å². The van der Waals surface area contributed by atoms with Gasteiger partial charge in [-0.05, 0) is 37.5 Å². The molecule has 2 aliphatic rings. The topological polar surface area (TPSA) is 55.1 Å². The van der Waals surface area contributed by atoms with Crippen LogP contribution in [0.15, 0.2) is 0 Å². The molecule has 0 spiro atoms. The molecule has 2 aliphatic carbocycles. The molecule has 2 rings (SSSR count). The summed E-state index contributed by atoms with van der Waals surface area (Å²) in [6.45, 7) is 0.890. The highest BCUT2D eigenvalue weighted by Gasteiger charge is 2.24. The summed E-state index contributed by atoms with van der Waals surface area (Å²) in [5.74, 6) is 1.40. The normalized spacial score (nSPS) is 30.8. The largest absolute Gasteiger partial charge is 0.356 e. The van der Waals surface area contributed by atoms with Gasteiger partial charge in [-0.25, -0.2) is 0 Å². The number of nitrogens with two attached hydrogens (primary N) is 1. The molecule has 0 bridgehead atoms. The minimum absolute atomic E-state index is 0.217. The first kappa shape index (κ1) is 11.9. The molecule has 1 amide bonds. The molecule has 2 atom stereocenters. The summed E-state index contributed by atoms with van der Waals surface area (Å²) >= 11 is 0. The number of carbonyl (C=O) groups is 1. The molecule has 3 heteroatoms. The first-order valence-corrected chi connectivity index (χ1v) is 6.78. The van der Waals surface area contributed by atoms with Crippen LogP contribution < -0.4 is 11.1 Å². The Kier molecular flexibility index (Phi) is 4.22. The third-order valence-electron chi connectivity index (χ3n) is 4.23. The molecule has 3 nitrogen and oxygen atoms in total. The van der Waals surface area contributed by atoms with Crippen LogP contribution in [0.3, 0.4) is 0 Å². The van der Waals surface area contributed by atoms with E-state index >= 15 is 0 Å². The van der Waals surface area contributed by atoms with Crippen LogP contribution in [0.4, 0.5) is 0 Å². The van der Waals surface area contributed by atoms with E-state index in [1.165, 1.54) is 32.1 Å². The van der Waals surface area contributed by atoms with Crippen molar-refractivity contribution in [1.82, 2.24) is 5.32 Å². The lowest BCUT2D eigenvalue weighted by atomic mass is 9.82. The summed E-state index contributed by atoms with van der Waals surface area (Å²) < 4.78 is 0. The molecular weight excluding hydrogens is 200 g/mol. The highest BCUT2D eigenvalue weighted by Crippen LogP contribution is 2.27. The van der Waals surface area contributed by atoms with Crippen LogP contribution in [0.25, 0.3) is 0 Å². The second-order valence-electron chi connectivity index (χ2n) is 5.51. The molecule has 16 heavy (non-hydrogen) atoms. The lowest BCUT2D eigenvalue weighted by Gasteiger charge is -2.29. The Morgan fingerprint density at radius 1 is 1.12 bits per heavy atom. The first-order valence-electron chi connectivity index (χ1n) is 6.78. The van der Waals surface area contributed by atoms with Gasteiger partial charge in [0.2, 0.25) is 5.91 Å². The van der Waals surface area contributed by atoms with Crippen molar-refractivity contribution < 1.29 is 4.79 Å². The monoisotopic (exact) mass is 224 g/mol. The predicted octanol–water partition coefficient (Wildman–Crippen LogP) is 1.81. The molecule has 2 fully saturated rings. The Morgan fingerprint density at radius 2 is 1.88 bits per heavy atom. The van der Waals surface area contributed by atoms with Gasteiger partial charge >= 0.3 is 0 Å². The number of amides is 1. The van der Waals surface area contributed by atoms with E-state index < -0.39 is 0 Å². The molecular formula is C13H24N2O. The molecule has 0 aliphatic heterocycles. The number of hydrogen-bond acceptors (Lipinski definition) is 2. The fourth-order valence-electron chi connectivity index (χ4n) is 2.76. The van der Waals surface area contributed by atoms with E-state index in [2.05, 4.69) is 5.32 Å². The van der Waals surface area contributed by atoms with Gasteiger partial charge in [0.05, 0.1) is 0 Å². The molecule has 0 aromatic rings. The lowest BCUT2D eigenvalue weighted by molar-refractivity contribution is -0.122. The van der Waals surface area contributed by atoms with Gasteiger partial charge in [0.15, 0.2) is 0 Å². The van der Waals surface area contributed by atoms with Gasteiger partial charge in [-0.1, -0.05) is 19.3 Å². The van der Waals surface area contributed by atoms with Gasteiger partial charge in [-0.2, -0.15) is 0 Å². The fraction of sp³-hybridized carbons (Fsp3) is 0.923. The van der Waals surface area contributed by atoms with Gasteiger partial charge < -0.3 is 11.1 Å². The SMILES string of the molecule is NC1CCCCC1CC(=O)NCC1CCC1. The molecule has 0 heterocycles. The fourth-order valence-corrected chi connectivity index (χ4v) is 2.76. The van der Waals surface area contributed by atoms with Crippen molar-refractivity contribution in [3.8, 4) is 0 Å². The van der Waals surface area contributed by atoms with Crippen LogP contribution in [-0.2, 0) is 4.79 Å². The van der Waals surface area contributed by atoms with E-state index in [0.717, 1.165) is 25.3 Å². The minimum atomic E-state index is 0.217. The lowest BCUT2D eigenvalue weighted by Crippen LogP contribution is -2.38. The maximum absolute atomic E-state index is 11.7. The van der Waals surface area contributed by atoms with Gasteiger partial charge in [-0.3, -0.25) is 4.79 Å². The van der Waals surface area contributed by atoms with E-state index in [1.807, 2.05) is 0 Å². The molecule has 2 saturated carbocycles. The zero-order valence-electron chi connectivity index (χ0n) is 10.1. The number of rotatable bonds is 4. The second-order valence-corrected chi connectivity index (χ2v) is 5.51. The number of hydrogen-bond donors (Lipinski definition) is 2. The quantitative estimate of drug-likeness (QED) is 0.765. The number of carbonyl (C=O) groups excluding carboxylic acids is 1. The maximum Gasteiger partial charge on any atom is 0.220 e. The molecule has 0 aromatic carbocycles. The van der Waals surface area contributed by atoms with Crippen molar-refractivity contribution in [3.63, 3.8) is 0 Å². The van der Waals surface area contributed by atoms with Crippen LogP contribution in [0.1, 0.15) is 51.4 Å². The predicted molar refractivity (Wildman–Crippen MR) is 64.9 cm³/mol. The molecule has 2 unspecified atom stereocenters. The van der Waals surface area contributed by atoms with Crippen molar-refractivity contribution in [3.05, 3.63) is 0 Å². The van der Waals surface area contributed by atoms with Gasteiger partial charge in [-0.15, -0.1) is 0 Å². The Bertz CT molecular complexity index is 238. The van der Waals surface area contributed by atoms with Crippen LogP contribution in [-0.4, -0.2) is 18.5 Å². The molecule has 3 N–H and O–H groups in total. The summed E-state index contributed by atoms with van der Waals surface area (Å²) in [7, 11) is 0. The summed E-state index contributed by atoms with van der Waals surface area (Å²) in [6.07, 6.45) is 9.29. The van der Waals surface area contributed by atoms with E-state index in [1.54, 1.807) is 0 Å². The average Bonchev–Trinajstić information content (AvgIpc) is 2.19. The maximum atomic E-state index is 11.7. The van der Waals surface area contributed by atoms with Gasteiger partial charge in [0.25, 0.3) is 0 Å². The Balaban J connectivity index is 1.64. The Morgan fingerprint density at radius 3 is 2.50 bits per heavy atom. The summed E-state index contributed by atoms with van der Waals surface area (Å²) in [6, 6.07) is 0.253. The van der Waals surface area contributed by atoms with Crippen molar-refractivity contribution in [2.24, 2.45) is 17.6 Å². The molecule has 0 aromatic heterocycles. The summed E-state index contributed by atoms with van der Waals surface area (Å²) in [5.41, 5.74) is 6.04. The summed E-state index contributed by atoms with van der Waals surface area (Å²) in [4.78, 5) is 11.7. The van der Waals surface area contributed by atoms with Crippen LogP contribution in [0.2, 0.25) is 0 Å². The minimum Gasteiger partial charge on any atom is -0.356 e. The zero-order valence-corrected chi connectivity index (χ0v) is 10.1. The van der Waals surface area contributed by atoms with Crippen molar-refractivity contribution in [2.75, 3.05) is 6.54 Å². The highest BCUT2D eigenvalue weighted by molar-refractivity contribution is 5.76. The summed E-state index contributed by atoms with van der Waals surface area (Å²) in [5, 5.41) is 3.06. The van der Waals surface area contributed by atoms with Crippen LogP contribution >= 0.6 is 0 Å². The average molecular weight is 224 g/mol. The molecule has 0 radical (unpaired) electrons. The van der Waals surface area contributed by atoms with Crippen molar-refractivity contribution >= 4 is 5.91 Å². The molecule has 0 saturated heterocycles. The van der Waals surface area contributed by atoms with E-state index in [9.17, 15) is 4.79 Å². The Hall–Kier alpha value is -0.570. The zero-order chi connectivity index (χ0) is 11.4. The smallest absolute Gasteiger partial charge is 0.220 e. The number of nitrogens with one attached hydrogen (secondary N) is 1. The van der Waals surface area contributed by atoms with Crippen molar-refractivity contribution in [1.29, 1.82) is 0 Å². The highest BCUT2D eigenvalue weighted by atomic mass is 16.1.